The molecule has 2 N–H and O–H groups in total. The van der Waals surface area contributed by atoms with E-state index in [9.17, 15) is 0 Å². The standard InChI is InChI=1S/C18H14ClIN6S/c19-12-7-13(20)9-14(8-12)27-18-25-15-16(21)23-10-24-17(15)26(18)6-3-11-1-4-22-5-2-11/h1-2,4-5,7-10H,3,6H2,(H2,21,23,24). The van der Waals surface area contributed by atoms with Gasteiger partial charge in [0.25, 0.3) is 0 Å². The molecule has 0 unspecified atom stereocenters. The summed E-state index contributed by atoms with van der Waals surface area (Å²) in [6.45, 7) is 0.719. The molecule has 136 valence electrons. The molecular formula is C18H14ClIN6S. The highest BCUT2D eigenvalue weighted by Gasteiger charge is 2.16. The lowest BCUT2D eigenvalue weighted by Gasteiger charge is -2.09. The molecule has 0 aliphatic carbocycles. The first-order valence-corrected chi connectivity index (χ1v) is 10.4. The van der Waals surface area contributed by atoms with Crippen LogP contribution in [0.4, 0.5) is 5.82 Å². The molecule has 0 aliphatic rings. The molecule has 1 aromatic carbocycles. The van der Waals surface area contributed by atoms with E-state index >= 15 is 0 Å². The molecule has 0 saturated heterocycles. The van der Waals surface area contributed by atoms with Gasteiger partial charge in [-0.3, -0.25) is 4.98 Å². The number of pyridine rings is 1. The normalized spacial score (nSPS) is 11.2. The van der Waals surface area contributed by atoms with Gasteiger partial charge in [-0.25, -0.2) is 15.0 Å². The SMILES string of the molecule is Nc1ncnc2c1nc(Sc1cc(Cl)cc(I)c1)n2CCc1ccncc1. The summed E-state index contributed by atoms with van der Waals surface area (Å²) < 4.78 is 3.15. The maximum atomic E-state index is 6.21. The van der Waals surface area contributed by atoms with Gasteiger partial charge in [-0.2, -0.15) is 0 Å². The first-order chi connectivity index (χ1) is 13.1. The molecule has 0 saturated carbocycles. The van der Waals surface area contributed by atoms with E-state index in [4.69, 9.17) is 22.3 Å². The van der Waals surface area contributed by atoms with Gasteiger partial charge in [-0.15, -0.1) is 0 Å². The van der Waals surface area contributed by atoms with Crippen LogP contribution in [0.2, 0.25) is 5.02 Å². The second-order valence-electron chi connectivity index (χ2n) is 5.79. The number of fused-ring (bicyclic) bond motifs is 1. The molecule has 0 fully saturated rings. The smallest absolute Gasteiger partial charge is 0.175 e. The van der Waals surface area contributed by atoms with Crippen LogP contribution < -0.4 is 5.73 Å². The molecule has 0 aliphatic heterocycles. The quantitative estimate of drug-likeness (QED) is 0.401. The van der Waals surface area contributed by atoms with E-state index in [-0.39, 0.29) is 0 Å². The minimum absolute atomic E-state index is 0.380. The predicted octanol–water partition coefficient (Wildman–Crippen LogP) is 4.46. The van der Waals surface area contributed by atoms with E-state index in [1.807, 2.05) is 24.3 Å². The second kappa shape index (κ2) is 7.99. The fraction of sp³-hybridized carbons (Fsp3) is 0.111. The molecule has 0 amide bonds. The minimum atomic E-state index is 0.380. The number of hydrogen-bond acceptors (Lipinski definition) is 6. The van der Waals surface area contributed by atoms with Gasteiger partial charge >= 0.3 is 0 Å². The van der Waals surface area contributed by atoms with Crippen LogP contribution in [0, 0.1) is 3.57 Å². The molecular weight excluding hydrogens is 495 g/mol. The molecule has 4 rings (SSSR count). The number of aryl methyl sites for hydroxylation is 2. The van der Waals surface area contributed by atoms with E-state index in [0.29, 0.717) is 16.4 Å². The third-order valence-corrected chi connectivity index (χ3v) is 5.75. The van der Waals surface area contributed by atoms with Crippen molar-refractivity contribution in [3.05, 3.63) is 63.2 Å². The fourth-order valence-electron chi connectivity index (χ4n) is 2.70. The summed E-state index contributed by atoms with van der Waals surface area (Å²) in [5.41, 5.74) is 8.57. The molecule has 0 spiro atoms. The van der Waals surface area contributed by atoms with Crippen molar-refractivity contribution in [1.82, 2.24) is 24.5 Å². The van der Waals surface area contributed by atoms with Gasteiger partial charge in [-0.1, -0.05) is 23.4 Å². The largest absolute Gasteiger partial charge is 0.382 e. The molecule has 6 nitrogen and oxygen atoms in total. The van der Waals surface area contributed by atoms with Crippen molar-refractivity contribution in [3.8, 4) is 0 Å². The number of benzene rings is 1. The number of halogens is 2. The van der Waals surface area contributed by atoms with Gasteiger partial charge < -0.3 is 10.3 Å². The fourth-order valence-corrected chi connectivity index (χ4v) is 5.07. The lowest BCUT2D eigenvalue weighted by Crippen LogP contribution is -2.04. The third-order valence-electron chi connectivity index (χ3n) is 3.94. The Bertz CT molecular complexity index is 1080. The van der Waals surface area contributed by atoms with Crippen LogP contribution in [0.1, 0.15) is 5.56 Å². The van der Waals surface area contributed by atoms with Crippen molar-refractivity contribution in [2.45, 2.75) is 23.0 Å². The van der Waals surface area contributed by atoms with Crippen LogP contribution in [0.15, 0.2) is 59.1 Å². The topological polar surface area (TPSA) is 82.5 Å². The Balaban J connectivity index is 1.73. The maximum absolute atomic E-state index is 6.21. The summed E-state index contributed by atoms with van der Waals surface area (Å²) in [7, 11) is 0. The van der Waals surface area contributed by atoms with E-state index < -0.39 is 0 Å². The molecule has 9 heteroatoms. The van der Waals surface area contributed by atoms with Gasteiger partial charge in [0.1, 0.15) is 6.33 Å². The van der Waals surface area contributed by atoms with Crippen molar-refractivity contribution in [1.29, 1.82) is 0 Å². The van der Waals surface area contributed by atoms with Crippen LogP contribution in [0.25, 0.3) is 11.2 Å². The number of rotatable bonds is 5. The maximum Gasteiger partial charge on any atom is 0.175 e. The minimum Gasteiger partial charge on any atom is -0.382 e. The van der Waals surface area contributed by atoms with Crippen molar-refractivity contribution < 1.29 is 0 Å². The number of nitrogens with zero attached hydrogens (tertiary/aromatic N) is 5. The number of hydrogen-bond donors (Lipinski definition) is 1. The van der Waals surface area contributed by atoms with Gasteiger partial charge in [0.05, 0.1) is 0 Å². The van der Waals surface area contributed by atoms with Crippen LogP contribution >= 0.6 is 46.0 Å². The summed E-state index contributed by atoms with van der Waals surface area (Å²) in [6, 6.07) is 9.93. The third kappa shape index (κ3) is 4.17. The molecule has 0 radical (unpaired) electrons. The molecule has 3 aromatic heterocycles. The Morgan fingerprint density at radius 2 is 1.96 bits per heavy atom. The summed E-state index contributed by atoms with van der Waals surface area (Å²) in [4.78, 5) is 18.3. The highest BCUT2D eigenvalue weighted by Crippen LogP contribution is 2.33. The Hall–Kier alpha value is -1.91. The van der Waals surface area contributed by atoms with Gasteiger partial charge in [0.2, 0.25) is 0 Å². The van der Waals surface area contributed by atoms with Crippen molar-refractivity contribution >= 4 is 62.9 Å². The average molecular weight is 509 g/mol. The Kier molecular flexibility index (Phi) is 5.46. The van der Waals surface area contributed by atoms with E-state index in [1.54, 1.807) is 12.4 Å². The number of anilines is 1. The van der Waals surface area contributed by atoms with Crippen LogP contribution in [-0.2, 0) is 13.0 Å². The highest BCUT2D eigenvalue weighted by molar-refractivity contribution is 14.1. The van der Waals surface area contributed by atoms with Crippen molar-refractivity contribution in [2.24, 2.45) is 0 Å². The first kappa shape index (κ1) is 18.5. The predicted molar refractivity (Wildman–Crippen MR) is 116 cm³/mol. The Morgan fingerprint density at radius 3 is 2.74 bits per heavy atom. The van der Waals surface area contributed by atoms with Crippen molar-refractivity contribution in [2.75, 3.05) is 5.73 Å². The van der Waals surface area contributed by atoms with Crippen molar-refractivity contribution in [3.63, 3.8) is 0 Å². The summed E-state index contributed by atoms with van der Waals surface area (Å²) in [6.07, 6.45) is 5.90. The monoisotopic (exact) mass is 508 g/mol. The zero-order valence-corrected chi connectivity index (χ0v) is 17.7. The average Bonchev–Trinajstić information content (AvgIpc) is 2.98. The van der Waals surface area contributed by atoms with E-state index in [0.717, 1.165) is 32.2 Å². The summed E-state index contributed by atoms with van der Waals surface area (Å²) in [5.74, 6) is 0.380. The second-order valence-corrected chi connectivity index (χ2v) is 8.51. The highest BCUT2D eigenvalue weighted by atomic mass is 127. The number of nitrogens with two attached hydrogens (primary N) is 1. The lowest BCUT2D eigenvalue weighted by molar-refractivity contribution is 0.646. The Morgan fingerprint density at radius 1 is 1.15 bits per heavy atom. The molecule has 0 bridgehead atoms. The first-order valence-electron chi connectivity index (χ1n) is 8.10. The van der Waals surface area contributed by atoms with Gasteiger partial charge in [0, 0.05) is 32.4 Å². The van der Waals surface area contributed by atoms with Crippen LogP contribution in [0.5, 0.6) is 0 Å². The van der Waals surface area contributed by atoms with Crippen LogP contribution in [-0.4, -0.2) is 24.5 Å². The van der Waals surface area contributed by atoms with Gasteiger partial charge in [0.15, 0.2) is 22.1 Å². The molecule has 0 atom stereocenters. The van der Waals surface area contributed by atoms with E-state index in [1.165, 1.54) is 23.7 Å². The van der Waals surface area contributed by atoms with Crippen LogP contribution in [0.3, 0.4) is 0 Å². The zero-order chi connectivity index (χ0) is 18.8. The Labute approximate surface area is 178 Å². The zero-order valence-electron chi connectivity index (χ0n) is 14.0. The van der Waals surface area contributed by atoms with E-state index in [2.05, 4.69) is 48.2 Å². The number of imidazole rings is 1. The molecule has 4 aromatic rings. The number of nitrogen functional groups attached to an aromatic ring is 1. The summed E-state index contributed by atoms with van der Waals surface area (Å²) >= 11 is 10.00. The van der Waals surface area contributed by atoms with Gasteiger partial charge in [-0.05, 0) is 64.9 Å². The number of aromatic nitrogens is 5. The summed E-state index contributed by atoms with van der Waals surface area (Å²) in [5, 5.41) is 1.51. The molecule has 27 heavy (non-hydrogen) atoms. The molecule has 3 heterocycles. The lowest BCUT2D eigenvalue weighted by atomic mass is 10.2.